The largest absolute Gasteiger partial charge is 0.493 e. The maximum atomic E-state index is 12.9. The Labute approximate surface area is 232 Å². The topological polar surface area (TPSA) is 50.8 Å². The number of hydrogen-bond acceptors (Lipinski definition) is 4. The summed E-state index contributed by atoms with van der Waals surface area (Å²) in [6.45, 7) is 9.37. The van der Waals surface area contributed by atoms with E-state index in [1.807, 2.05) is 88.4 Å². The highest BCUT2D eigenvalue weighted by atomic mass is 16.6. The van der Waals surface area contributed by atoms with E-state index in [0.29, 0.717) is 19.7 Å². The molecule has 1 amide bonds. The quantitative estimate of drug-likeness (QED) is 0.227. The van der Waals surface area contributed by atoms with Crippen LogP contribution < -0.4 is 10.1 Å². The number of carbonyl (C=O) groups excluding carboxylic acids is 1. The Kier molecular flexibility index (Phi) is 9.27. The summed E-state index contributed by atoms with van der Waals surface area (Å²) in [5.41, 5.74) is 5.84. The number of nitrogens with zero attached hydrogens (tertiary/aromatic N) is 1. The summed E-state index contributed by atoms with van der Waals surface area (Å²) < 4.78 is 11.6. The summed E-state index contributed by atoms with van der Waals surface area (Å²) in [4.78, 5) is 14.7. The molecule has 5 heteroatoms. The van der Waals surface area contributed by atoms with Crippen LogP contribution in [0.4, 0.5) is 16.2 Å². The third kappa shape index (κ3) is 8.37. The fraction of sp³-hybridized carbons (Fsp3) is 0.265. The first kappa shape index (κ1) is 27.8. The molecule has 1 N–H and O–H groups in total. The van der Waals surface area contributed by atoms with E-state index in [1.54, 1.807) is 4.90 Å². The maximum Gasteiger partial charge on any atom is 0.410 e. The number of carbonyl (C=O) groups is 1. The van der Waals surface area contributed by atoms with Gasteiger partial charge in [0.2, 0.25) is 0 Å². The minimum absolute atomic E-state index is 0.297. The van der Waals surface area contributed by atoms with Crippen molar-refractivity contribution < 1.29 is 14.3 Å². The lowest BCUT2D eigenvalue weighted by atomic mass is 10.0. The predicted octanol–water partition coefficient (Wildman–Crippen LogP) is 8.48. The number of nitrogens with one attached hydrogen (secondary N) is 1. The average Bonchev–Trinajstić information content (AvgIpc) is 2.93. The van der Waals surface area contributed by atoms with Crippen molar-refractivity contribution in [3.63, 3.8) is 0 Å². The fourth-order valence-electron chi connectivity index (χ4n) is 4.28. The molecule has 0 radical (unpaired) electrons. The van der Waals surface area contributed by atoms with Crippen molar-refractivity contribution in [1.82, 2.24) is 4.90 Å². The second-order valence-electron chi connectivity index (χ2n) is 10.5. The van der Waals surface area contributed by atoms with E-state index >= 15 is 0 Å². The van der Waals surface area contributed by atoms with E-state index in [0.717, 1.165) is 45.8 Å². The maximum absolute atomic E-state index is 12.9. The predicted molar refractivity (Wildman–Crippen MR) is 160 cm³/mol. The standard InChI is InChI=1S/C34H38N2O3/c1-5-38-32-21-20-30(24-31(32)28-14-10-7-11-15-28)35-29-18-16-26(17-19-29)22-23-36(33(37)39-34(2,3)4)25-27-12-8-6-9-13-27/h6-21,24,35H,5,22-23,25H2,1-4H3. The number of benzene rings is 4. The van der Waals surface area contributed by atoms with E-state index < -0.39 is 5.60 Å². The molecule has 0 fully saturated rings. The van der Waals surface area contributed by atoms with E-state index in [-0.39, 0.29) is 6.09 Å². The van der Waals surface area contributed by atoms with Crippen molar-refractivity contribution >= 4 is 17.5 Å². The summed E-state index contributed by atoms with van der Waals surface area (Å²) in [6.07, 6.45) is 0.433. The third-order valence-electron chi connectivity index (χ3n) is 6.15. The molecule has 39 heavy (non-hydrogen) atoms. The van der Waals surface area contributed by atoms with Crippen LogP contribution in [0.2, 0.25) is 0 Å². The van der Waals surface area contributed by atoms with Crippen LogP contribution in [0.5, 0.6) is 5.75 Å². The van der Waals surface area contributed by atoms with Crippen molar-refractivity contribution in [1.29, 1.82) is 0 Å². The SMILES string of the molecule is CCOc1ccc(Nc2ccc(CCN(Cc3ccccc3)C(=O)OC(C)(C)C)cc2)cc1-c1ccccc1. The summed E-state index contributed by atoms with van der Waals surface area (Å²) in [5.74, 6) is 0.870. The van der Waals surface area contributed by atoms with Gasteiger partial charge in [0.05, 0.1) is 6.61 Å². The van der Waals surface area contributed by atoms with Crippen LogP contribution in [0, 0.1) is 0 Å². The number of rotatable bonds is 10. The molecule has 0 unspecified atom stereocenters. The normalized spacial score (nSPS) is 11.1. The second kappa shape index (κ2) is 13.0. The highest BCUT2D eigenvalue weighted by molar-refractivity contribution is 5.76. The molecule has 0 saturated heterocycles. The average molecular weight is 523 g/mol. The van der Waals surface area contributed by atoms with E-state index in [2.05, 4.69) is 47.8 Å². The number of ether oxygens (including phenoxy) is 2. The van der Waals surface area contributed by atoms with Gasteiger partial charge in [0.25, 0.3) is 0 Å². The summed E-state index contributed by atoms with van der Waals surface area (Å²) in [7, 11) is 0. The van der Waals surface area contributed by atoms with E-state index in [9.17, 15) is 4.79 Å². The molecule has 0 spiro atoms. The van der Waals surface area contributed by atoms with Crippen LogP contribution >= 0.6 is 0 Å². The molecule has 0 aliphatic carbocycles. The Balaban J connectivity index is 1.43. The van der Waals surface area contributed by atoms with Crippen LogP contribution in [-0.4, -0.2) is 29.7 Å². The first-order valence-electron chi connectivity index (χ1n) is 13.5. The van der Waals surface area contributed by atoms with Crippen molar-refractivity contribution in [2.75, 3.05) is 18.5 Å². The zero-order valence-electron chi connectivity index (χ0n) is 23.3. The molecule has 5 nitrogen and oxygen atoms in total. The monoisotopic (exact) mass is 522 g/mol. The molecule has 0 heterocycles. The number of hydrogen-bond donors (Lipinski definition) is 1. The highest BCUT2D eigenvalue weighted by Gasteiger charge is 2.22. The van der Waals surface area contributed by atoms with Crippen molar-refractivity contribution in [2.45, 2.75) is 46.3 Å². The minimum atomic E-state index is -0.541. The first-order chi connectivity index (χ1) is 18.8. The third-order valence-corrected chi connectivity index (χ3v) is 6.15. The van der Waals surface area contributed by atoms with Crippen LogP contribution in [0.1, 0.15) is 38.8 Å². The Hall–Kier alpha value is -4.25. The van der Waals surface area contributed by atoms with Gasteiger partial charge in [-0.3, -0.25) is 0 Å². The molecule has 0 atom stereocenters. The van der Waals surface area contributed by atoms with Crippen molar-refractivity contribution in [3.8, 4) is 16.9 Å². The Morgan fingerprint density at radius 1 is 0.795 bits per heavy atom. The molecule has 0 aliphatic rings. The van der Waals surface area contributed by atoms with Crippen molar-refractivity contribution in [2.24, 2.45) is 0 Å². The molecule has 0 aliphatic heterocycles. The van der Waals surface area contributed by atoms with Gasteiger partial charge in [-0.25, -0.2) is 4.79 Å². The first-order valence-corrected chi connectivity index (χ1v) is 13.5. The van der Waals surface area contributed by atoms with Gasteiger partial charge in [-0.1, -0.05) is 72.8 Å². The molecule has 4 rings (SSSR count). The van der Waals surface area contributed by atoms with Crippen LogP contribution in [0.15, 0.2) is 103 Å². The van der Waals surface area contributed by atoms with Crippen LogP contribution in [0.25, 0.3) is 11.1 Å². The molecular weight excluding hydrogens is 484 g/mol. The molecule has 0 saturated carbocycles. The van der Waals surface area contributed by atoms with Crippen LogP contribution in [0.3, 0.4) is 0 Å². The lowest BCUT2D eigenvalue weighted by Gasteiger charge is -2.27. The van der Waals surface area contributed by atoms with Gasteiger partial charge in [-0.2, -0.15) is 0 Å². The zero-order valence-corrected chi connectivity index (χ0v) is 23.3. The summed E-state index contributed by atoms with van der Waals surface area (Å²) in [5, 5.41) is 3.51. The van der Waals surface area contributed by atoms with Crippen molar-refractivity contribution in [3.05, 3.63) is 114 Å². The molecular formula is C34H38N2O3. The lowest BCUT2D eigenvalue weighted by Crippen LogP contribution is -2.37. The van der Waals surface area contributed by atoms with E-state index in [4.69, 9.17) is 9.47 Å². The molecule has 0 aromatic heterocycles. The Morgan fingerprint density at radius 2 is 1.44 bits per heavy atom. The van der Waals surface area contributed by atoms with Gasteiger partial charge >= 0.3 is 6.09 Å². The van der Waals surface area contributed by atoms with Gasteiger partial charge in [0, 0.05) is 30.0 Å². The minimum Gasteiger partial charge on any atom is -0.493 e. The molecule has 202 valence electrons. The highest BCUT2D eigenvalue weighted by Crippen LogP contribution is 2.33. The lowest BCUT2D eigenvalue weighted by molar-refractivity contribution is 0.0236. The summed E-state index contributed by atoms with van der Waals surface area (Å²) >= 11 is 0. The number of anilines is 2. The second-order valence-corrected chi connectivity index (χ2v) is 10.5. The van der Waals surface area contributed by atoms with Gasteiger partial charge in [0.15, 0.2) is 0 Å². The van der Waals surface area contributed by atoms with Crippen LogP contribution in [-0.2, 0) is 17.7 Å². The number of amides is 1. The van der Waals surface area contributed by atoms with E-state index in [1.165, 1.54) is 0 Å². The smallest absolute Gasteiger partial charge is 0.410 e. The molecule has 0 bridgehead atoms. The van der Waals surface area contributed by atoms with Gasteiger partial charge in [0.1, 0.15) is 11.4 Å². The van der Waals surface area contributed by atoms with Gasteiger partial charge < -0.3 is 19.7 Å². The van der Waals surface area contributed by atoms with Gasteiger partial charge in [-0.15, -0.1) is 0 Å². The molecule has 4 aromatic rings. The molecule has 4 aromatic carbocycles. The Morgan fingerprint density at radius 3 is 2.08 bits per heavy atom. The zero-order chi connectivity index (χ0) is 27.7. The Bertz CT molecular complexity index is 1330. The summed E-state index contributed by atoms with van der Waals surface area (Å²) in [6, 6.07) is 34.8. The fourth-order valence-corrected chi connectivity index (χ4v) is 4.28. The van der Waals surface area contributed by atoms with Gasteiger partial charge in [-0.05, 0) is 81.1 Å².